The molecule has 1 saturated heterocycles. The minimum absolute atomic E-state index is 0.0247. The highest BCUT2D eigenvalue weighted by Crippen LogP contribution is 2.42. The Labute approximate surface area is 196 Å². The van der Waals surface area contributed by atoms with E-state index in [9.17, 15) is 14.0 Å². The second-order valence-electron chi connectivity index (χ2n) is 7.65. The number of amides is 1. The van der Waals surface area contributed by atoms with Crippen molar-refractivity contribution in [3.8, 4) is 0 Å². The first kappa shape index (κ1) is 23.0. The molecule has 0 N–H and O–H groups in total. The molecule has 3 aromatic rings. The van der Waals surface area contributed by atoms with Crippen molar-refractivity contribution in [1.29, 1.82) is 0 Å². The van der Waals surface area contributed by atoms with Gasteiger partial charge in [0.25, 0.3) is 0 Å². The summed E-state index contributed by atoms with van der Waals surface area (Å²) in [5, 5.41) is -0.239. The van der Waals surface area contributed by atoms with Crippen LogP contribution in [0.2, 0.25) is 0 Å². The van der Waals surface area contributed by atoms with Gasteiger partial charge in [0.15, 0.2) is 0 Å². The van der Waals surface area contributed by atoms with Crippen molar-refractivity contribution in [2.45, 2.75) is 18.9 Å². The van der Waals surface area contributed by atoms with Gasteiger partial charge < -0.3 is 9.47 Å². The molecule has 0 aliphatic carbocycles. The Hall–Kier alpha value is -3.16. The van der Waals surface area contributed by atoms with Gasteiger partial charge in [0.2, 0.25) is 5.91 Å². The topological polar surface area (TPSA) is 55.8 Å². The number of hydrogen-bond acceptors (Lipinski definition) is 5. The zero-order chi connectivity index (χ0) is 23.2. The van der Waals surface area contributed by atoms with Gasteiger partial charge in [0, 0.05) is 5.69 Å². The predicted molar refractivity (Wildman–Crippen MR) is 127 cm³/mol. The van der Waals surface area contributed by atoms with Crippen LogP contribution in [0.15, 0.2) is 72.8 Å². The second kappa shape index (κ2) is 10.6. The van der Waals surface area contributed by atoms with E-state index in [0.29, 0.717) is 24.5 Å². The van der Waals surface area contributed by atoms with Crippen molar-refractivity contribution >= 4 is 29.3 Å². The first-order chi connectivity index (χ1) is 16.0. The molecule has 3 aromatic carbocycles. The number of thioether (sulfide) groups is 1. The molecular weight excluding hydrogens is 441 g/mol. The average molecular weight is 466 g/mol. The van der Waals surface area contributed by atoms with E-state index in [-0.39, 0.29) is 23.7 Å². The largest absolute Gasteiger partial charge is 0.460 e. The molecule has 1 atom stereocenters. The van der Waals surface area contributed by atoms with Crippen molar-refractivity contribution in [1.82, 2.24) is 0 Å². The van der Waals surface area contributed by atoms with Crippen molar-refractivity contribution in [2.24, 2.45) is 0 Å². The van der Waals surface area contributed by atoms with E-state index < -0.39 is 5.97 Å². The van der Waals surface area contributed by atoms with Crippen LogP contribution in [-0.2, 0) is 20.9 Å². The third-order valence-electron chi connectivity index (χ3n) is 5.29. The second-order valence-corrected chi connectivity index (χ2v) is 8.72. The van der Waals surface area contributed by atoms with Gasteiger partial charge in [-0.25, -0.2) is 9.18 Å². The van der Waals surface area contributed by atoms with E-state index in [2.05, 4.69) is 0 Å². The molecule has 1 aliphatic heterocycles. The number of hydrogen-bond donors (Lipinski definition) is 0. The Balaban J connectivity index is 1.37. The summed E-state index contributed by atoms with van der Waals surface area (Å²) in [6.07, 6.45) is 0. The van der Waals surface area contributed by atoms with Crippen molar-refractivity contribution in [3.63, 3.8) is 0 Å². The first-order valence-corrected chi connectivity index (χ1v) is 11.7. The zero-order valence-corrected chi connectivity index (χ0v) is 19.0. The van der Waals surface area contributed by atoms with Crippen LogP contribution in [0.4, 0.5) is 10.1 Å². The minimum atomic E-state index is -0.440. The molecule has 0 spiro atoms. The van der Waals surface area contributed by atoms with E-state index in [0.717, 1.165) is 22.4 Å². The molecule has 1 unspecified atom stereocenters. The van der Waals surface area contributed by atoms with Gasteiger partial charge in [-0.2, -0.15) is 0 Å². The maximum Gasteiger partial charge on any atom is 0.338 e. The monoisotopic (exact) mass is 465 g/mol. The number of aryl methyl sites for hydroxylation is 1. The van der Waals surface area contributed by atoms with E-state index in [4.69, 9.17) is 9.47 Å². The van der Waals surface area contributed by atoms with Crippen molar-refractivity contribution in [2.75, 3.05) is 23.9 Å². The lowest BCUT2D eigenvalue weighted by Crippen LogP contribution is -2.28. The molecule has 4 rings (SSSR count). The molecule has 1 fully saturated rings. The molecule has 7 heteroatoms. The number of nitrogens with zero attached hydrogens (tertiary/aromatic N) is 1. The lowest BCUT2D eigenvalue weighted by Gasteiger charge is -2.26. The van der Waals surface area contributed by atoms with E-state index in [1.807, 2.05) is 37.3 Å². The molecule has 170 valence electrons. The average Bonchev–Trinajstić information content (AvgIpc) is 3.21. The van der Waals surface area contributed by atoms with Crippen LogP contribution in [0.5, 0.6) is 0 Å². The third kappa shape index (κ3) is 5.61. The Bertz CT molecular complexity index is 1120. The summed E-state index contributed by atoms with van der Waals surface area (Å²) in [4.78, 5) is 26.8. The molecule has 1 aliphatic rings. The Morgan fingerprint density at radius 1 is 1.06 bits per heavy atom. The molecule has 1 heterocycles. The van der Waals surface area contributed by atoms with Crippen molar-refractivity contribution < 1.29 is 23.5 Å². The van der Waals surface area contributed by atoms with E-state index >= 15 is 0 Å². The number of benzene rings is 3. The van der Waals surface area contributed by atoms with Crippen LogP contribution < -0.4 is 4.90 Å². The summed E-state index contributed by atoms with van der Waals surface area (Å²) >= 11 is 1.49. The van der Waals surface area contributed by atoms with Crippen LogP contribution in [0.25, 0.3) is 0 Å². The van der Waals surface area contributed by atoms with Gasteiger partial charge in [-0.15, -0.1) is 11.8 Å². The molecule has 0 saturated carbocycles. The quantitative estimate of drug-likeness (QED) is 0.334. The van der Waals surface area contributed by atoms with Crippen molar-refractivity contribution in [3.05, 3.63) is 101 Å². The normalized spacial score (nSPS) is 15.6. The van der Waals surface area contributed by atoms with E-state index in [1.165, 1.54) is 23.9 Å². The van der Waals surface area contributed by atoms with Gasteiger partial charge >= 0.3 is 5.97 Å². The van der Waals surface area contributed by atoms with Gasteiger partial charge in [-0.3, -0.25) is 9.69 Å². The number of carbonyl (C=O) groups is 2. The number of halogens is 1. The highest BCUT2D eigenvalue weighted by atomic mass is 32.2. The number of rotatable bonds is 8. The van der Waals surface area contributed by atoms with Crippen LogP contribution in [0.1, 0.15) is 32.4 Å². The fourth-order valence-corrected chi connectivity index (χ4v) is 4.82. The Morgan fingerprint density at radius 2 is 1.82 bits per heavy atom. The maximum absolute atomic E-state index is 13.3. The molecular formula is C26H24FNO4S. The molecule has 0 aromatic heterocycles. The molecule has 1 amide bonds. The summed E-state index contributed by atoms with van der Waals surface area (Å²) in [6.45, 7) is 2.77. The van der Waals surface area contributed by atoms with Gasteiger partial charge in [0.05, 0.1) is 24.5 Å². The fourth-order valence-electron chi connectivity index (χ4n) is 3.65. The third-order valence-corrected chi connectivity index (χ3v) is 6.50. The standard InChI is InChI=1S/C26H24FNO4S/c1-18-15-21(26(30)32-14-13-31-16-19-5-3-2-4-6-19)9-12-23(18)28-24(29)17-33-25(28)20-7-10-22(27)11-8-20/h2-12,15,25H,13-14,16-17H2,1H3. The van der Waals surface area contributed by atoms with Crippen LogP contribution in [0, 0.1) is 12.7 Å². The molecule has 0 bridgehead atoms. The highest BCUT2D eigenvalue weighted by molar-refractivity contribution is 8.00. The summed E-state index contributed by atoms with van der Waals surface area (Å²) in [5.41, 5.74) is 3.83. The van der Waals surface area contributed by atoms with E-state index in [1.54, 1.807) is 35.2 Å². The molecule has 5 nitrogen and oxygen atoms in total. The predicted octanol–water partition coefficient (Wildman–Crippen LogP) is 5.29. The fraction of sp³-hybridized carbons (Fsp3) is 0.231. The summed E-state index contributed by atoms with van der Waals surface area (Å²) in [5.74, 6) is -0.438. The first-order valence-electron chi connectivity index (χ1n) is 10.6. The van der Waals surface area contributed by atoms with Crippen LogP contribution in [0.3, 0.4) is 0 Å². The SMILES string of the molecule is Cc1cc(C(=O)OCCOCc2ccccc2)ccc1N1C(=O)CSC1c1ccc(F)cc1. The Morgan fingerprint density at radius 3 is 2.55 bits per heavy atom. The zero-order valence-electron chi connectivity index (χ0n) is 18.2. The van der Waals surface area contributed by atoms with Crippen LogP contribution in [-0.4, -0.2) is 30.8 Å². The summed E-state index contributed by atoms with van der Waals surface area (Å²) in [6, 6.07) is 21.1. The number of carbonyl (C=O) groups excluding carboxylic acids is 2. The number of esters is 1. The number of anilines is 1. The summed E-state index contributed by atoms with van der Waals surface area (Å²) in [7, 11) is 0. The highest BCUT2D eigenvalue weighted by Gasteiger charge is 2.35. The smallest absolute Gasteiger partial charge is 0.338 e. The van der Waals surface area contributed by atoms with Gasteiger partial charge in [-0.1, -0.05) is 42.5 Å². The summed E-state index contributed by atoms with van der Waals surface area (Å²) < 4.78 is 24.2. The van der Waals surface area contributed by atoms with Crippen LogP contribution >= 0.6 is 11.8 Å². The van der Waals surface area contributed by atoms with Gasteiger partial charge in [0.1, 0.15) is 17.8 Å². The lowest BCUT2D eigenvalue weighted by atomic mass is 10.1. The minimum Gasteiger partial charge on any atom is -0.460 e. The molecule has 33 heavy (non-hydrogen) atoms. The number of ether oxygens (including phenoxy) is 2. The van der Waals surface area contributed by atoms with Gasteiger partial charge in [-0.05, 0) is 53.9 Å². The lowest BCUT2D eigenvalue weighted by molar-refractivity contribution is -0.115. The maximum atomic E-state index is 13.3. The Kier molecular flexibility index (Phi) is 7.42. The molecule has 0 radical (unpaired) electrons.